The van der Waals surface area contributed by atoms with Crippen molar-refractivity contribution in [3.63, 3.8) is 0 Å². The van der Waals surface area contributed by atoms with Gasteiger partial charge < -0.3 is 24.7 Å². The van der Waals surface area contributed by atoms with Gasteiger partial charge in [-0.25, -0.2) is 0 Å². The Bertz CT molecular complexity index is 901. The molecule has 9 heteroatoms. The third-order valence-electron chi connectivity index (χ3n) is 3.90. The summed E-state index contributed by atoms with van der Waals surface area (Å²) < 4.78 is 5.22. The zero-order chi connectivity index (χ0) is 16.3. The quantitative estimate of drug-likeness (QED) is 0.550. The Balaban J connectivity index is 2.00. The number of phenols is 1. The number of fused-ring (bicyclic) bond motifs is 5. The van der Waals surface area contributed by atoms with Gasteiger partial charge in [-0.1, -0.05) is 23.1 Å². The fourth-order valence-electron chi connectivity index (χ4n) is 2.99. The summed E-state index contributed by atoms with van der Waals surface area (Å²) in [5, 5.41) is 20.4. The molecule has 23 heavy (non-hydrogen) atoms. The number of hydrogen-bond acceptors (Lipinski definition) is 8. The van der Waals surface area contributed by atoms with Crippen molar-refractivity contribution in [2.45, 2.75) is 16.2 Å². The highest BCUT2D eigenvalue weighted by atomic mass is 32.2. The molecule has 2 aliphatic heterocycles. The number of carboxylic acid groups (broad SMARTS) is 1. The van der Waals surface area contributed by atoms with Crippen molar-refractivity contribution in [2.24, 2.45) is 5.92 Å². The maximum Gasteiger partial charge on any atom is 0.316 e. The van der Waals surface area contributed by atoms with Gasteiger partial charge in [-0.2, -0.15) is 0 Å². The van der Waals surface area contributed by atoms with Crippen LogP contribution in [-0.4, -0.2) is 27.3 Å². The van der Waals surface area contributed by atoms with Gasteiger partial charge in [0.05, 0.1) is 22.2 Å². The predicted octanol–water partition coefficient (Wildman–Crippen LogP) is 0.0333. The van der Waals surface area contributed by atoms with Crippen molar-refractivity contribution < 1.29 is 24.5 Å². The molecule has 0 amide bonds. The maximum absolute atomic E-state index is 12.3. The minimum atomic E-state index is -1.40. The molecule has 0 unspecified atom stereocenters. The van der Waals surface area contributed by atoms with Crippen LogP contribution in [0.1, 0.15) is 16.4 Å². The van der Waals surface area contributed by atoms with Crippen molar-refractivity contribution in [1.82, 2.24) is 4.98 Å². The average molecular weight is 350 g/mol. The molecule has 2 aliphatic rings. The van der Waals surface area contributed by atoms with Crippen molar-refractivity contribution in [1.29, 1.82) is 0 Å². The number of carboxylic acids is 1. The van der Waals surface area contributed by atoms with Crippen LogP contribution in [0.2, 0.25) is 0 Å². The Kier molecular flexibility index (Phi) is 3.03. The predicted molar refractivity (Wildman–Crippen MR) is 78.7 cm³/mol. The number of esters is 1. The van der Waals surface area contributed by atoms with Crippen LogP contribution in [0, 0.1) is 5.92 Å². The number of aliphatic carboxylic acids is 1. The van der Waals surface area contributed by atoms with Gasteiger partial charge in [0, 0.05) is 16.4 Å². The Hall–Kier alpha value is -2.26. The number of aromatic hydroxyl groups is 1. The van der Waals surface area contributed by atoms with E-state index in [1.807, 2.05) is 0 Å². The molecule has 3 atom stereocenters. The number of ether oxygens (including phenoxy) is 1. The minimum Gasteiger partial charge on any atom is -0.549 e. The number of carbonyl (C=O) groups is 2. The van der Waals surface area contributed by atoms with Gasteiger partial charge in [-0.15, -0.1) is 0 Å². The largest absolute Gasteiger partial charge is 0.549 e. The fraction of sp³-hybridized carbons (Fsp3) is 0.214. The molecule has 0 bridgehead atoms. The molecular weight excluding hydrogens is 342 g/mol. The summed E-state index contributed by atoms with van der Waals surface area (Å²) in [5.41, 5.74) is 0.484. The van der Waals surface area contributed by atoms with Crippen LogP contribution >= 0.6 is 23.1 Å². The van der Waals surface area contributed by atoms with Gasteiger partial charge in [-0.3, -0.25) is 9.59 Å². The number of hydrogen-bond donors (Lipinski definition) is 2. The molecule has 1 aromatic heterocycles. The van der Waals surface area contributed by atoms with Crippen molar-refractivity contribution in [3.8, 4) is 11.5 Å². The molecule has 1 aromatic carbocycles. The first-order valence-electron chi connectivity index (χ1n) is 6.61. The van der Waals surface area contributed by atoms with Gasteiger partial charge >= 0.3 is 10.8 Å². The van der Waals surface area contributed by atoms with E-state index in [2.05, 4.69) is 4.98 Å². The van der Waals surface area contributed by atoms with Crippen molar-refractivity contribution >= 4 is 35.0 Å². The lowest BCUT2D eigenvalue weighted by molar-refractivity contribution is -0.306. The monoisotopic (exact) mass is 350 g/mol. The third kappa shape index (κ3) is 2.07. The highest BCUT2D eigenvalue weighted by Crippen LogP contribution is 2.53. The van der Waals surface area contributed by atoms with E-state index in [0.717, 1.165) is 23.1 Å². The van der Waals surface area contributed by atoms with Gasteiger partial charge in [-0.05, 0) is 18.2 Å². The van der Waals surface area contributed by atoms with Gasteiger partial charge in [0.25, 0.3) is 0 Å². The van der Waals surface area contributed by atoms with Gasteiger partial charge in [0.15, 0.2) is 0 Å². The fourth-order valence-corrected chi connectivity index (χ4v) is 5.38. The summed E-state index contributed by atoms with van der Waals surface area (Å²) in [4.78, 5) is 38.3. The van der Waals surface area contributed by atoms with Crippen LogP contribution in [0.15, 0.2) is 28.0 Å². The van der Waals surface area contributed by atoms with E-state index < -0.39 is 29.0 Å². The first kappa shape index (κ1) is 14.3. The van der Waals surface area contributed by atoms with Crippen LogP contribution in [0.5, 0.6) is 11.5 Å². The van der Waals surface area contributed by atoms with E-state index in [1.165, 1.54) is 18.2 Å². The van der Waals surface area contributed by atoms with Crippen LogP contribution in [0.4, 0.5) is 0 Å². The molecule has 0 saturated carbocycles. The molecule has 0 radical (unpaired) electrons. The van der Waals surface area contributed by atoms with Crippen LogP contribution in [-0.2, 0) is 9.59 Å². The highest BCUT2D eigenvalue weighted by Gasteiger charge is 2.49. The number of nitrogens with one attached hydrogen (secondary N) is 1. The molecular formula is C14H8NO6S2-. The number of aromatic nitrogens is 1. The second kappa shape index (κ2) is 4.87. The Morgan fingerprint density at radius 2 is 2.13 bits per heavy atom. The second-order valence-electron chi connectivity index (χ2n) is 5.21. The number of carbonyl (C=O) groups excluding carboxylic acids is 2. The van der Waals surface area contributed by atoms with Crippen LogP contribution in [0.3, 0.4) is 0 Å². The number of phenolic OH excluding ortho intramolecular Hbond substituents is 1. The molecule has 0 saturated heterocycles. The first-order valence-corrected chi connectivity index (χ1v) is 8.30. The minimum absolute atomic E-state index is 0.0342. The molecule has 7 nitrogen and oxygen atoms in total. The summed E-state index contributed by atoms with van der Waals surface area (Å²) in [6.45, 7) is 0. The normalized spacial score (nSPS) is 25.0. The molecule has 0 fully saturated rings. The average Bonchev–Trinajstić information content (AvgIpc) is 2.86. The Morgan fingerprint density at radius 1 is 1.35 bits per heavy atom. The van der Waals surface area contributed by atoms with E-state index in [4.69, 9.17) is 4.74 Å². The zero-order valence-corrected chi connectivity index (χ0v) is 12.9. The van der Waals surface area contributed by atoms with Crippen LogP contribution in [0.25, 0.3) is 0 Å². The molecule has 3 heterocycles. The lowest BCUT2D eigenvalue weighted by Crippen LogP contribution is -2.48. The summed E-state index contributed by atoms with van der Waals surface area (Å²) in [5.74, 6) is -3.54. The zero-order valence-electron chi connectivity index (χ0n) is 11.3. The summed E-state index contributed by atoms with van der Waals surface area (Å²) >= 11 is 1.81. The van der Waals surface area contributed by atoms with E-state index in [-0.39, 0.29) is 16.4 Å². The van der Waals surface area contributed by atoms with Gasteiger partial charge in [0.2, 0.25) is 0 Å². The van der Waals surface area contributed by atoms with E-state index in [0.29, 0.717) is 15.5 Å². The van der Waals surface area contributed by atoms with Crippen molar-refractivity contribution in [2.75, 3.05) is 0 Å². The third-order valence-corrected chi connectivity index (χ3v) is 6.29. The molecule has 0 spiro atoms. The number of aromatic amines is 1. The number of benzene rings is 1. The van der Waals surface area contributed by atoms with Gasteiger partial charge in [0.1, 0.15) is 11.5 Å². The highest BCUT2D eigenvalue weighted by molar-refractivity contribution is 8.00. The first-order chi connectivity index (χ1) is 11.0. The molecule has 4 rings (SSSR count). The molecule has 2 aromatic rings. The molecule has 2 N–H and O–H groups in total. The smallest absolute Gasteiger partial charge is 0.316 e. The Morgan fingerprint density at radius 3 is 2.87 bits per heavy atom. The topological polar surface area (TPSA) is 120 Å². The van der Waals surface area contributed by atoms with E-state index >= 15 is 0 Å². The van der Waals surface area contributed by atoms with Crippen molar-refractivity contribution in [3.05, 3.63) is 38.3 Å². The summed E-state index contributed by atoms with van der Waals surface area (Å²) in [6.07, 6.45) is 0. The van der Waals surface area contributed by atoms with E-state index in [9.17, 15) is 24.6 Å². The number of rotatable bonds is 1. The SMILES string of the molecule is O=C1Oc2ccc(O)cc2[C@@H]2c3sc(=O)[nH]c3S[C@H](C(=O)[O-])[C@H]12. The standard InChI is InChI=1S/C14H9NO6S2/c16-4-1-2-6-5(3-4)7-8(13(19)21-6)10(12(17)18)22-11-9(7)23-14(20)15-11/h1-3,7-8,10,16H,(H,15,20)(H,17,18)/p-1/t7-,8+,10-/m0/s1. The Labute approximate surface area is 136 Å². The van der Waals surface area contributed by atoms with E-state index in [1.54, 1.807) is 0 Å². The number of thiazole rings is 1. The maximum atomic E-state index is 12.3. The summed E-state index contributed by atoms with van der Waals surface area (Å²) in [6, 6.07) is 4.25. The lowest BCUT2D eigenvalue weighted by Gasteiger charge is -2.39. The van der Waals surface area contributed by atoms with Crippen LogP contribution < -0.4 is 14.7 Å². The summed E-state index contributed by atoms with van der Waals surface area (Å²) in [7, 11) is 0. The number of thioether (sulfide) groups is 1. The lowest BCUT2D eigenvalue weighted by atomic mass is 9.80. The number of H-pyrrole nitrogens is 1. The molecule has 118 valence electrons. The molecule has 0 aliphatic carbocycles. The second-order valence-corrected chi connectivity index (χ2v) is 7.38.